The Morgan fingerprint density at radius 2 is 1.60 bits per heavy atom. The highest BCUT2D eigenvalue weighted by Crippen LogP contribution is 1.98. The van der Waals surface area contributed by atoms with Gasteiger partial charge in [-0.2, -0.15) is 14.6 Å². The topological polar surface area (TPSA) is 73.6 Å². The summed E-state index contributed by atoms with van der Waals surface area (Å²) in [5.74, 6) is 0. The Labute approximate surface area is 27.5 Å². The molecule has 1 heterocycles. The van der Waals surface area contributed by atoms with Crippen molar-refractivity contribution < 1.29 is 20.0 Å². The SMILES string of the molecule is O.O=C1OO1. The molecule has 0 aromatic carbocycles. The van der Waals surface area contributed by atoms with E-state index in [1.54, 1.807) is 0 Å². The van der Waals surface area contributed by atoms with Crippen LogP contribution in [0.3, 0.4) is 0 Å². The van der Waals surface area contributed by atoms with Gasteiger partial charge in [-0.25, -0.2) is 0 Å². The summed E-state index contributed by atoms with van der Waals surface area (Å²) >= 11 is 0. The van der Waals surface area contributed by atoms with Gasteiger partial charge in [0.25, 0.3) is 0 Å². The summed E-state index contributed by atoms with van der Waals surface area (Å²) in [5.41, 5.74) is 0. The van der Waals surface area contributed by atoms with Gasteiger partial charge in [-0.1, -0.05) is 0 Å². The first kappa shape index (κ1) is 4.23. The number of carbonyl (C=O) groups is 1. The fourth-order valence-electron chi connectivity index (χ4n) is 0.0170. The zero-order valence-corrected chi connectivity index (χ0v) is 2.22. The van der Waals surface area contributed by atoms with Crippen LogP contribution in [0.2, 0.25) is 0 Å². The summed E-state index contributed by atoms with van der Waals surface area (Å²) in [6, 6.07) is 0. The first-order chi connectivity index (χ1) is 1.89. The number of hydrogen-bond donors (Lipinski definition) is 0. The van der Waals surface area contributed by atoms with Crippen molar-refractivity contribution in [3.05, 3.63) is 0 Å². The fraction of sp³-hybridized carbons (Fsp3) is 0. The lowest BCUT2D eigenvalue weighted by Gasteiger charge is -1.20. The van der Waals surface area contributed by atoms with E-state index < -0.39 is 6.16 Å². The van der Waals surface area contributed by atoms with Crippen LogP contribution in [-0.4, -0.2) is 11.6 Å². The van der Waals surface area contributed by atoms with Crippen molar-refractivity contribution in [3.63, 3.8) is 0 Å². The second kappa shape index (κ2) is 0.898. The van der Waals surface area contributed by atoms with E-state index in [1.165, 1.54) is 0 Å². The molecule has 4 nitrogen and oxygen atoms in total. The van der Waals surface area contributed by atoms with E-state index in [0.29, 0.717) is 0 Å². The van der Waals surface area contributed by atoms with Crippen LogP contribution in [0.15, 0.2) is 0 Å². The molecule has 1 fully saturated rings. The second-order valence-corrected chi connectivity index (χ2v) is 0.417. The van der Waals surface area contributed by atoms with Crippen molar-refractivity contribution in [2.24, 2.45) is 0 Å². The van der Waals surface area contributed by atoms with Crippen LogP contribution < -0.4 is 0 Å². The molecular weight excluding hydrogens is 76.0 g/mol. The highest BCUT2D eigenvalue weighted by Gasteiger charge is 2.22. The van der Waals surface area contributed by atoms with Gasteiger partial charge < -0.3 is 5.48 Å². The minimum atomic E-state index is -0.583. The Hall–Kier alpha value is -0.770. The summed E-state index contributed by atoms with van der Waals surface area (Å²) in [5, 5.41) is 0. The standard InChI is InChI=1S/CO3.H2O/c2-1-3-4-1;/h;1H2. The van der Waals surface area contributed by atoms with E-state index >= 15 is 0 Å². The lowest BCUT2D eigenvalue weighted by Crippen LogP contribution is -1.40. The van der Waals surface area contributed by atoms with Gasteiger partial charge in [0.15, 0.2) is 0 Å². The number of rotatable bonds is 0. The van der Waals surface area contributed by atoms with Crippen molar-refractivity contribution in [2.75, 3.05) is 0 Å². The van der Waals surface area contributed by atoms with E-state index in [0.717, 1.165) is 0 Å². The number of hydrogen-bond acceptors (Lipinski definition) is 3. The average Bonchev–Trinajstić information content (AvgIpc) is 1.75. The van der Waals surface area contributed by atoms with Crippen LogP contribution in [-0.2, 0) is 9.78 Å². The van der Waals surface area contributed by atoms with Gasteiger partial charge >= 0.3 is 6.16 Å². The third kappa shape index (κ3) is 0.983. The molecule has 2 N–H and O–H groups in total. The van der Waals surface area contributed by atoms with Crippen LogP contribution in [0.1, 0.15) is 0 Å². The van der Waals surface area contributed by atoms with Crippen molar-refractivity contribution in [2.45, 2.75) is 0 Å². The van der Waals surface area contributed by atoms with Gasteiger partial charge in [0, 0.05) is 0 Å². The first-order valence-electron chi connectivity index (χ1n) is 0.779. The largest absolute Gasteiger partial charge is 0.592 e. The molecular formula is CH2O4. The Balaban J connectivity index is 0.000000160. The normalized spacial score (nSPS) is 14.0. The molecule has 0 spiro atoms. The monoisotopic (exact) mass is 78.0 g/mol. The van der Waals surface area contributed by atoms with Crippen LogP contribution in [0.25, 0.3) is 0 Å². The molecule has 0 aromatic rings. The Kier molecular flexibility index (Phi) is 0.759. The first-order valence-corrected chi connectivity index (χ1v) is 0.779. The van der Waals surface area contributed by atoms with Gasteiger partial charge in [-0.15, -0.1) is 0 Å². The predicted molar refractivity (Wildman–Crippen MR) is 11.2 cm³/mol. The molecule has 0 bridgehead atoms. The van der Waals surface area contributed by atoms with Crippen molar-refractivity contribution >= 4 is 6.16 Å². The Bertz CT molecular complexity index is 41.6. The molecule has 1 aliphatic heterocycles. The van der Waals surface area contributed by atoms with E-state index in [4.69, 9.17) is 4.79 Å². The van der Waals surface area contributed by atoms with Gasteiger partial charge in [0.2, 0.25) is 0 Å². The lowest BCUT2D eigenvalue weighted by molar-refractivity contribution is 0.0850. The minimum Gasteiger partial charge on any atom is -0.412 e. The average molecular weight is 78.0 g/mol. The van der Waals surface area contributed by atoms with E-state index in [9.17, 15) is 0 Å². The summed E-state index contributed by atoms with van der Waals surface area (Å²) in [4.78, 5) is 16.2. The van der Waals surface area contributed by atoms with Crippen molar-refractivity contribution in [3.8, 4) is 0 Å². The molecule has 30 valence electrons. The van der Waals surface area contributed by atoms with Crippen LogP contribution in [0.5, 0.6) is 0 Å². The Morgan fingerprint density at radius 3 is 1.60 bits per heavy atom. The fourth-order valence-corrected chi connectivity index (χ4v) is 0.0170. The smallest absolute Gasteiger partial charge is 0.412 e. The molecule has 0 radical (unpaired) electrons. The lowest BCUT2D eigenvalue weighted by atomic mass is 11.5. The molecule has 0 saturated carbocycles. The molecule has 5 heavy (non-hydrogen) atoms. The molecule has 0 unspecified atom stereocenters. The number of carbonyl (C=O) groups excluding carboxylic acids is 1. The zero-order valence-electron chi connectivity index (χ0n) is 2.22. The van der Waals surface area contributed by atoms with Crippen LogP contribution in [0, 0.1) is 0 Å². The summed E-state index contributed by atoms with van der Waals surface area (Å²) in [7, 11) is 0. The van der Waals surface area contributed by atoms with Crippen molar-refractivity contribution in [1.82, 2.24) is 0 Å². The minimum absolute atomic E-state index is 0. The van der Waals surface area contributed by atoms with Gasteiger partial charge in [0.05, 0.1) is 0 Å². The van der Waals surface area contributed by atoms with Gasteiger partial charge in [-0.3, -0.25) is 0 Å². The highest BCUT2D eigenvalue weighted by atomic mass is 17.4. The maximum absolute atomic E-state index is 9.11. The van der Waals surface area contributed by atoms with Crippen molar-refractivity contribution in [1.29, 1.82) is 0 Å². The molecule has 1 saturated heterocycles. The van der Waals surface area contributed by atoms with Crippen LogP contribution in [0.4, 0.5) is 4.79 Å². The maximum Gasteiger partial charge on any atom is 0.592 e. The molecule has 1 aliphatic rings. The van der Waals surface area contributed by atoms with Gasteiger partial charge in [-0.05, 0) is 0 Å². The summed E-state index contributed by atoms with van der Waals surface area (Å²) in [6.45, 7) is 0. The summed E-state index contributed by atoms with van der Waals surface area (Å²) < 4.78 is 0. The molecule has 0 amide bonds. The quantitative estimate of drug-likeness (QED) is 0.282. The second-order valence-electron chi connectivity index (χ2n) is 0.417. The molecule has 0 aliphatic carbocycles. The van der Waals surface area contributed by atoms with Crippen LogP contribution >= 0.6 is 0 Å². The molecule has 1 rings (SSSR count). The van der Waals surface area contributed by atoms with E-state index in [-0.39, 0.29) is 5.48 Å². The Morgan fingerprint density at radius 1 is 1.40 bits per heavy atom. The zero-order chi connectivity index (χ0) is 2.99. The summed E-state index contributed by atoms with van der Waals surface area (Å²) in [6.07, 6.45) is -0.583. The third-order valence-corrected chi connectivity index (χ3v) is 0.151. The highest BCUT2D eigenvalue weighted by molar-refractivity contribution is 5.66. The molecule has 4 heteroatoms. The van der Waals surface area contributed by atoms with E-state index in [1.807, 2.05) is 0 Å². The van der Waals surface area contributed by atoms with Gasteiger partial charge in [0.1, 0.15) is 0 Å². The van der Waals surface area contributed by atoms with E-state index in [2.05, 4.69) is 9.78 Å². The third-order valence-electron chi connectivity index (χ3n) is 0.151. The molecule has 0 aromatic heterocycles. The maximum atomic E-state index is 9.11. The molecule has 0 atom stereocenters. The predicted octanol–water partition coefficient (Wildman–Crippen LogP) is -0.756.